The van der Waals surface area contributed by atoms with Crippen LogP contribution in [0.5, 0.6) is 0 Å². The number of carbonyl (C=O) groups excluding carboxylic acids is 8. The van der Waals surface area contributed by atoms with Crippen LogP contribution in [0.25, 0.3) is 12.2 Å². The van der Waals surface area contributed by atoms with Gasteiger partial charge in [0.05, 0.1) is 11.2 Å². The molecule has 0 aliphatic heterocycles. The van der Waals surface area contributed by atoms with Crippen LogP contribution in [0, 0.1) is 66.5 Å². The van der Waals surface area contributed by atoms with E-state index >= 15 is 0 Å². The van der Waals surface area contributed by atoms with Gasteiger partial charge in [-0.05, 0) is 220 Å². The molecule has 0 saturated heterocycles. The van der Waals surface area contributed by atoms with E-state index in [1.165, 1.54) is 18.9 Å². The monoisotopic (exact) mass is 1580 g/mol. The van der Waals surface area contributed by atoms with Crippen LogP contribution >= 0.6 is 0 Å². The second-order valence-corrected chi connectivity index (χ2v) is 41.7. The van der Waals surface area contributed by atoms with Crippen LogP contribution in [0.4, 0.5) is 0 Å². The summed E-state index contributed by atoms with van der Waals surface area (Å²) in [5.41, 5.74) is 4.08. The number of hydrogen-bond acceptors (Lipinski definition) is 11. The Morgan fingerprint density at radius 3 is 1.04 bits per heavy atom. The second-order valence-electron chi connectivity index (χ2n) is 41.7. The lowest BCUT2D eigenvalue weighted by Gasteiger charge is -2.22. The van der Waals surface area contributed by atoms with Gasteiger partial charge in [0, 0.05) is 85.8 Å². The van der Waals surface area contributed by atoms with Crippen molar-refractivity contribution in [1.82, 2.24) is 24.2 Å². The summed E-state index contributed by atoms with van der Waals surface area (Å²) in [6.45, 7) is 94.5. The minimum absolute atomic E-state index is 0.0694. The molecule has 0 N–H and O–H groups in total. The number of carbonyl (C=O) groups is 8. The quantitative estimate of drug-likeness (QED) is 0.112. The summed E-state index contributed by atoms with van der Waals surface area (Å²) in [5, 5.41) is 4.30. The lowest BCUT2D eigenvalue weighted by atomic mass is 9.81. The fourth-order valence-electron chi connectivity index (χ4n) is 8.05. The van der Waals surface area contributed by atoms with Crippen LogP contribution in [-0.2, 0) is 49.4 Å². The smallest absolute Gasteiger partial charge is 0.163 e. The van der Waals surface area contributed by atoms with Crippen LogP contribution in [0.2, 0.25) is 0 Å². The van der Waals surface area contributed by atoms with Gasteiger partial charge < -0.3 is 9.47 Å². The highest BCUT2D eigenvalue weighted by atomic mass is 16.2. The van der Waals surface area contributed by atoms with E-state index in [4.69, 9.17) is 6.42 Å². The van der Waals surface area contributed by atoms with Crippen LogP contribution < -0.4 is 0 Å². The zero-order valence-corrected chi connectivity index (χ0v) is 81.4. The molecule has 0 atom stereocenters. The molecule has 2 aromatic heterocycles. The lowest BCUT2D eigenvalue weighted by molar-refractivity contribution is -0.126. The lowest BCUT2D eigenvalue weighted by Crippen LogP contribution is -2.24. The third-order valence-corrected chi connectivity index (χ3v) is 16.0. The molecule has 2 aromatic rings. The van der Waals surface area contributed by atoms with Crippen LogP contribution in [0.15, 0.2) is 134 Å². The SMILES string of the molecule is C#CC(C)(C)C.C/C=C/C(=O)C(C)(C)C.C=CC(=O)C(C)(C)C.C=CC(C)(C)C.C=Cc1ccn(C(C)(C)C)n1.C=Cc1nccn1C(C)(C)C.CC(C)(C)C(=O)C1=CCC1.CC(C)(C)C(=O)C1=CCCC1.CC(C)(C)C(=O)C1=CCCCC1.CC(C)=CC(=O)C(C)(C)C.CCC(=O)C(C)(C)C.CN(C)C/C=C/C(=O)C(C)(C)C. The molecule has 0 bridgehead atoms. The second kappa shape index (κ2) is 54.6. The maximum atomic E-state index is 11.8. The summed E-state index contributed by atoms with van der Waals surface area (Å²) in [6.07, 6.45) is 43.0. The number of hydrogen-bond donors (Lipinski definition) is 0. The normalized spacial score (nSPS) is 13.5. The average molecular weight is 1590 g/mol. The number of likely N-dealkylation sites (N-methyl/N-ethyl adjacent to an activating group) is 1. The zero-order valence-electron chi connectivity index (χ0n) is 81.4. The van der Waals surface area contributed by atoms with E-state index in [9.17, 15) is 38.4 Å². The number of ketones is 8. The molecule has 0 spiro atoms. The molecule has 2 heterocycles. The number of Topliss-reactive ketones (excluding diaryl/α,β-unsaturated/α-hetero) is 4. The average Bonchev–Trinajstić information content (AvgIpc) is 1.69. The first-order valence-electron chi connectivity index (χ1n) is 41.0. The molecule has 0 radical (unpaired) electrons. The summed E-state index contributed by atoms with van der Waals surface area (Å²) in [7, 11) is 3.96. The van der Waals surface area contributed by atoms with E-state index in [0.29, 0.717) is 35.0 Å². The molecule has 650 valence electrons. The molecule has 0 saturated carbocycles. The fourth-order valence-corrected chi connectivity index (χ4v) is 8.05. The molecule has 13 heteroatoms. The molecule has 3 aliphatic rings. The van der Waals surface area contributed by atoms with E-state index in [1.807, 2.05) is 275 Å². The molecule has 114 heavy (non-hydrogen) atoms. The van der Waals surface area contributed by atoms with Crippen molar-refractivity contribution in [2.45, 2.75) is 352 Å². The van der Waals surface area contributed by atoms with Gasteiger partial charge in [-0.2, -0.15) is 5.10 Å². The van der Waals surface area contributed by atoms with Crippen molar-refractivity contribution in [3.63, 3.8) is 0 Å². The van der Waals surface area contributed by atoms with Gasteiger partial charge in [-0.3, -0.25) is 43.0 Å². The summed E-state index contributed by atoms with van der Waals surface area (Å²) >= 11 is 0. The Balaban J connectivity index is -0.000000220. The summed E-state index contributed by atoms with van der Waals surface area (Å²) in [6, 6.07) is 1.96. The predicted octanol–water partition coefficient (Wildman–Crippen LogP) is 26.8. The predicted molar refractivity (Wildman–Crippen MR) is 496 cm³/mol. The van der Waals surface area contributed by atoms with Crippen molar-refractivity contribution in [1.29, 1.82) is 0 Å². The topological polar surface area (TPSA) is 175 Å². The number of aromatic nitrogens is 4. The van der Waals surface area contributed by atoms with Crippen molar-refractivity contribution in [3.8, 4) is 12.3 Å². The zero-order chi connectivity index (χ0) is 92.0. The third kappa shape index (κ3) is 64.9. The molecule has 0 fully saturated rings. The standard InChI is InChI=1S/C11H18O.C10H19NO.C10H16O.2C9H14N2.C9H14O.C9H16O.C8H14O.C7H14O.C7H12O.C6H12.C6H10/c1-11(2,3)10(12)9-7-5-4-6-8-9;1-10(2,3)9(12)7-6-8-11(4)5;1-10(2,3)9(11)8-6-4-5-7-8;1-5-8-10-6-7-11(8)9(2,3)4;1-5-8-6-7-11(10-8)9(2,3)4;1-9(2,3)8(10)7-5-4-6-7;1-7(2)6-8(10)9(3,4)5;1-5-6-7(9)8(2,3)4;2*1-5-6(8)7(2,3)4;2*1-5-6(2,3)4/h7H,4-6,8H2,1-3H3;6-7H,8H2,1-5H3;6H,4-5,7H2,1-3H3;2*5-7H,1H2,2-4H3;5H,4,6H2,1-3H3;6H,1-5H3;5-6H,1-4H3;5H2,1-4H3;5H,1H2,2-4H3;5H,1H2,2-4H3;1H,2-4H3/b;7-6+;;;;;;6-5+;;;;. The van der Waals surface area contributed by atoms with Gasteiger partial charge in [0.25, 0.3) is 0 Å². The Kier molecular flexibility index (Phi) is 57.4. The van der Waals surface area contributed by atoms with Gasteiger partial charge in [0.1, 0.15) is 11.6 Å². The van der Waals surface area contributed by atoms with Gasteiger partial charge in [0.2, 0.25) is 0 Å². The Bertz CT molecular complexity index is 3490. The van der Waals surface area contributed by atoms with Crippen LogP contribution in [-0.4, -0.2) is 91.1 Å². The number of allylic oxidation sites excluding steroid dienone is 13. The van der Waals surface area contributed by atoms with Crippen molar-refractivity contribution >= 4 is 58.4 Å². The van der Waals surface area contributed by atoms with Gasteiger partial charge in [-0.25, -0.2) is 4.98 Å². The Hall–Kier alpha value is -7.30. The highest BCUT2D eigenvalue weighted by molar-refractivity contribution is 6.01. The molecule has 3 aliphatic carbocycles. The first kappa shape index (κ1) is 120. The van der Waals surface area contributed by atoms with E-state index in [-0.39, 0.29) is 82.9 Å². The Morgan fingerprint density at radius 1 is 0.491 bits per heavy atom. The molecule has 0 amide bonds. The maximum Gasteiger partial charge on any atom is 0.163 e. The third-order valence-electron chi connectivity index (χ3n) is 16.0. The first-order valence-corrected chi connectivity index (χ1v) is 41.0. The Morgan fingerprint density at radius 2 is 0.868 bits per heavy atom. The van der Waals surface area contributed by atoms with Gasteiger partial charge >= 0.3 is 0 Å². The molecule has 0 unspecified atom stereocenters. The summed E-state index contributed by atoms with van der Waals surface area (Å²) in [5.74, 6) is 5.51. The number of terminal acetylenes is 1. The highest BCUT2D eigenvalue weighted by Gasteiger charge is 2.29. The van der Waals surface area contributed by atoms with E-state index < -0.39 is 0 Å². The van der Waals surface area contributed by atoms with Crippen LogP contribution in [0.1, 0.15) is 353 Å². The Labute approximate surface area is 702 Å². The fraction of sp³-hybridized carbons (Fsp3) is 0.644. The first-order chi connectivity index (χ1) is 50.9. The number of nitrogens with zero attached hydrogens (tertiary/aromatic N) is 5. The van der Waals surface area contributed by atoms with Crippen LogP contribution in [0.3, 0.4) is 0 Å². The van der Waals surface area contributed by atoms with E-state index in [0.717, 1.165) is 85.3 Å². The molecular weight excluding hydrogens is 1410 g/mol. The molecule has 13 nitrogen and oxygen atoms in total. The van der Waals surface area contributed by atoms with Crippen molar-refractivity contribution in [2.24, 2.45) is 54.1 Å². The van der Waals surface area contributed by atoms with Gasteiger partial charge in [0.15, 0.2) is 40.5 Å². The minimum Gasteiger partial charge on any atom is -0.326 e. The van der Waals surface area contributed by atoms with E-state index in [2.05, 4.69) is 121 Å². The summed E-state index contributed by atoms with van der Waals surface area (Å²) in [4.78, 5) is 96.0. The summed E-state index contributed by atoms with van der Waals surface area (Å²) < 4.78 is 4.03. The van der Waals surface area contributed by atoms with Gasteiger partial charge in [-0.1, -0.05) is 256 Å². The largest absolute Gasteiger partial charge is 0.326 e. The van der Waals surface area contributed by atoms with E-state index in [1.54, 1.807) is 42.7 Å². The minimum atomic E-state index is -0.248. The highest BCUT2D eigenvalue weighted by Crippen LogP contribution is 2.30. The molecule has 0 aromatic carbocycles. The van der Waals surface area contributed by atoms with Crippen molar-refractivity contribution in [2.75, 3.05) is 20.6 Å². The van der Waals surface area contributed by atoms with Crippen molar-refractivity contribution < 1.29 is 38.4 Å². The number of rotatable bonds is 12. The molecule has 5 rings (SSSR count). The molecular formula is C101H173N5O8. The number of imidazole rings is 1. The van der Waals surface area contributed by atoms with Crippen molar-refractivity contribution in [3.05, 3.63) is 146 Å². The van der Waals surface area contributed by atoms with Gasteiger partial charge in [-0.15, -0.1) is 18.9 Å². The maximum absolute atomic E-state index is 11.8.